The van der Waals surface area contributed by atoms with Crippen LogP contribution in [0, 0.1) is 6.92 Å². The smallest absolute Gasteiger partial charge is 0.276 e. The lowest BCUT2D eigenvalue weighted by Gasteiger charge is -2.39. The van der Waals surface area contributed by atoms with Crippen molar-refractivity contribution in [1.29, 1.82) is 0 Å². The molecule has 0 aliphatic carbocycles. The van der Waals surface area contributed by atoms with Crippen LogP contribution in [0.25, 0.3) is 0 Å². The van der Waals surface area contributed by atoms with Crippen molar-refractivity contribution in [2.45, 2.75) is 38.3 Å². The molecule has 2 N–H and O–H groups in total. The molecule has 1 aromatic rings. The molecule has 1 spiro atoms. The molecule has 2 fully saturated rings. The Morgan fingerprint density at radius 2 is 2.12 bits per heavy atom. The Labute approximate surface area is 145 Å². The quantitative estimate of drug-likeness (QED) is 0.751. The lowest BCUT2D eigenvalue weighted by Crippen LogP contribution is -2.57. The summed E-state index contributed by atoms with van der Waals surface area (Å²) in [6.07, 6.45) is 1.21. The molecule has 9 nitrogen and oxygen atoms in total. The molecule has 2 aliphatic rings. The lowest BCUT2D eigenvalue weighted by atomic mass is 9.89. The van der Waals surface area contributed by atoms with E-state index in [4.69, 9.17) is 9.26 Å². The van der Waals surface area contributed by atoms with Crippen LogP contribution >= 0.6 is 0 Å². The zero-order valence-corrected chi connectivity index (χ0v) is 14.3. The maximum absolute atomic E-state index is 12.9. The molecule has 1 unspecified atom stereocenters. The molecule has 0 aromatic carbocycles. The molecule has 1 aromatic heterocycles. The second-order valence-corrected chi connectivity index (χ2v) is 6.64. The summed E-state index contributed by atoms with van der Waals surface area (Å²) in [5, 5.41) is 9.41. The van der Waals surface area contributed by atoms with E-state index in [0.717, 1.165) is 0 Å². The van der Waals surface area contributed by atoms with Crippen molar-refractivity contribution < 1.29 is 23.6 Å². The number of nitrogens with one attached hydrogen (secondary N) is 2. The maximum Gasteiger partial charge on any atom is 0.276 e. The van der Waals surface area contributed by atoms with E-state index in [1.165, 1.54) is 6.92 Å². The maximum atomic E-state index is 12.9. The Morgan fingerprint density at radius 3 is 2.72 bits per heavy atom. The van der Waals surface area contributed by atoms with Gasteiger partial charge in [-0.2, -0.15) is 0 Å². The number of amides is 3. The molecule has 25 heavy (non-hydrogen) atoms. The van der Waals surface area contributed by atoms with Crippen molar-refractivity contribution in [1.82, 2.24) is 20.7 Å². The van der Waals surface area contributed by atoms with E-state index in [9.17, 15) is 14.4 Å². The Hall–Kier alpha value is -2.42. The fourth-order valence-electron chi connectivity index (χ4n) is 3.31. The summed E-state index contributed by atoms with van der Waals surface area (Å²) in [6, 6.07) is 0.753. The zero-order chi connectivity index (χ0) is 18.0. The van der Waals surface area contributed by atoms with Gasteiger partial charge in [0.2, 0.25) is 11.8 Å². The number of hydrogen-bond acceptors (Lipinski definition) is 6. The molecule has 3 rings (SSSR count). The minimum Gasteiger partial charge on any atom is -0.381 e. The van der Waals surface area contributed by atoms with E-state index in [1.54, 1.807) is 17.9 Å². The Morgan fingerprint density at radius 1 is 1.40 bits per heavy atom. The first-order valence-corrected chi connectivity index (χ1v) is 8.28. The van der Waals surface area contributed by atoms with Crippen molar-refractivity contribution in [3.63, 3.8) is 0 Å². The van der Waals surface area contributed by atoms with Gasteiger partial charge in [0.1, 0.15) is 11.8 Å². The highest BCUT2D eigenvalue weighted by Crippen LogP contribution is 2.25. The number of hydrogen-bond donors (Lipinski definition) is 2. The van der Waals surface area contributed by atoms with E-state index in [2.05, 4.69) is 15.8 Å². The molecule has 9 heteroatoms. The molecule has 3 amide bonds. The third-order valence-corrected chi connectivity index (χ3v) is 4.56. The van der Waals surface area contributed by atoms with Crippen LogP contribution in [-0.4, -0.2) is 65.7 Å². The van der Waals surface area contributed by atoms with E-state index < -0.39 is 11.6 Å². The molecule has 0 bridgehead atoms. The number of carbonyl (C=O) groups is 3. The fraction of sp³-hybridized carbons (Fsp3) is 0.625. The van der Waals surface area contributed by atoms with Gasteiger partial charge in [-0.15, -0.1) is 0 Å². The van der Waals surface area contributed by atoms with Crippen molar-refractivity contribution in [3.8, 4) is 0 Å². The van der Waals surface area contributed by atoms with Crippen LogP contribution in [0.1, 0.15) is 36.0 Å². The molecule has 2 saturated heterocycles. The average Bonchev–Trinajstić information content (AvgIpc) is 2.94. The second kappa shape index (κ2) is 6.83. The molecule has 136 valence electrons. The first-order chi connectivity index (χ1) is 11.9. The molecule has 0 radical (unpaired) electrons. The first-order valence-electron chi connectivity index (χ1n) is 8.28. The van der Waals surface area contributed by atoms with Crippen LogP contribution in [-0.2, 0) is 14.3 Å². The highest BCUT2D eigenvalue weighted by molar-refractivity contribution is 5.94. The van der Waals surface area contributed by atoms with Crippen LogP contribution in [0.3, 0.4) is 0 Å². The van der Waals surface area contributed by atoms with Gasteiger partial charge in [-0.3, -0.25) is 14.4 Å². The molecular formula is C16H22N4O5. The largest absolute Gasteiger partial charge is 0.381 e. The summed E-state index contributed by atoms with van der Waals surface area (Å²) < 4.78 is 10.4. The summed E-state index contributed by atoms with van der Waals surface area (Å²) in [7, 11) is 0. The van der Waals surface area contributed by atoms with Gasteiger partial charge < -0.3 is 24.8 Å². The van der Waals surface area contributed by atoms with Crippen molar-refractivity contribution >= 4 is 17.7 Å². The third kappa shape index (κ3) is 3.81. The predicted molar refractivity (Wildman–Crippen MR) is 85.7 cm³/mol. The van der Waals surface area contributed by atoms with Gasteiger partial charge >= 0.3 is 0 Å². The van der Waals surface area contributed by atoms with Gasteiger partial charge in [-0.1, -0.05) is 5.16 Å². The van der Waals surface area contributed by atoms with Gasteiger partial charge in [-0.05, 0) is 19.8 Å². The monoisotopic (exact) mass is 350 g/mol. The highest BCUT2D eigenvalue weighted by Gasteiger charge is 2.43. The topological polar surface area (TPSA) is 114 Å². The van der Waals surface area contributed by atoms with Crippen LogP contribution < -0.4 is 10.6 Å². The van der Waals surface area contributed by atoms with Gasteiger partial charge in [0.25, 0.3) is 5.91 Å². The minimum atomic E-state index is -0.809. The molecule has 2 aliphatic heterocycles. The minimum absolute atomic E-state index is 0.0821. The predicted octanol–water partition coefficient (Wildman–Crippen LogP) is -0.391. The average molecular weight is 350 g/mol. The second-order valence-electron chi connectivity index (χ2n) is 6.64. The Kier molecular flexibility index (Phi) is 4.76. The fourth-order valence-corrected chi connectivity index (χ4v) is 3.31. The zero-order valence-electron chi connectivity index (χ0n) is 14.3. The van der Waals surface area contributed by atoms with Crippen LogP contribution in [0.2, 0.25) is 0 Å². The van der Waals surface area contributed by atoms with Crippen molar-refractivity contribution in [3.05, 3.63) is 17.5 Å². The summed E-state index contributed by atoms with van der Waals surface area (Å²) in [4.78, 5) is 38.4. The lowest BCUT2D eigenvalue weighted by molar-refractivity contribution is -0.129. The molecule has 1 atom stereocenters. The number of aromatic nitrogens is 1. The Bertz CT molecular complexity index is 680. The SMILES string of the molecule is CC(=O)NC1CN(C(=O)c2cc(C)on2)CC2(CCOCC2)NC1=O. The third-order valence-electron chi connectivity index (χ3n) is 4.56. The van der Waals surface area contributed by atoms with Crippen molar-refractivity contribution in [2.75, 3.05) is 26.3 Å². The molecular weight excluding hydrogens is 328 g/mol. The summed E-state index contributed by atoms with van der Waals surface area (Å²) >= 11 is 0. The van der Waals surface area contributed by atoms with Gasteiger partial charge in [-0.25, -0.2) is 0 Å². The number of nitrogens with zero attached hydrogens (tertiary/aromatic N) is 2. The summed E-state index contributed by atoms with van der Waals surface area (Å²) in [6.45, 7) is 4.49. The van der Waals surface area contributed by atoms with E-state index in [-0.39, 0.29) is 30.0 Å². The van der Waals surface area contributed by atoms with Crippen LogP contribution in [0.15, 0.2) is 10.6 Å². The number of carbonyl (C=O) groups excluding carboxylic acids is 3. The number of aryl methyl sites for hydroxylation is 1. The van der Waals surface area contributed by atoms with Gasteiger partial charge in [0.05, 0.1) is 12.1 Å². The number of ether oxygens (including phenoxy) is 1. The number of rotatable bonds is 2. The van der Waals surface area contributed by atoms with Gasteiger partial charge in [0, 0.05) is 32.7 Å². The van der Waals surface area contributed by atoms with E-state index >= 15 is 0 Å². The van der Waals surface area contributed by atoms with E-state index in [1.807, 2.05) is 0 Å². The molecule has 0 saturated carbocycles. The van der Waals surface area contributed by atoms with E-state index in [0.29, 0.717) is 38.4 Å². The van der Waals surface area contributed by atoms with Crippen LogP contribution in [0.4, 0.5) is 0 Å². The standard InChI is InChI=1S/C16H22N4O5/c1-10-7-12(19-25-10)15(23)20-8-13(17-11(2)21)14(22)18-16(9-20)3-5-24-6-4-16/h7,13H,3-6,8-9H2,1-2H3,(H,17,21)(H,18,22). The normalized spacial score (nSPS) is 23.0. The molecule has 3 heterocycles. The Balaban J connectivity index is 1.88. The van der Waals surface area contributed by atoms with Crippen LogP contribution in [0.5, 0.6) is 0 Å². The first kappa shape index (κ1) is 17.4. The summed E-state index contributed by atoms with van der Waals surface area (Å²) in [5.74, 6) is -0.405. The van der Waals surface area contributed by atoms with Crippen molar-refractivity contribution in [2.24, 2.45) is 0 Å². The van der Waals surface area contributed by atoms with Gasteiger partial charge in [0.15, 0.2) is 5.69 Å². The summed E-state index contributed by atoms with van der Waals surface area (Å²) in [5.41, 5.74) is -0.368. The highest BCUT2D eigenvalue weighted by atomic mass is 16.5.